The average Bonchev–Trinajstić information content (AvgIpc) is 2.89. The number of benzene rings is 4. The third-order valence-corrected chi connectivity index (χ3v) is 6.84. The Morgan fingerprint density at radius 2 is 1.47 bits per heavy atom. The van der Waals surface area contributed by atoms with Crippen LogP contribution >= 0.6 is 11.6 Å². The van der Waals surface area contributed by atoms with Gasteiger partial charge in [0.25, 0.3) is 0 Å². The van der Waals surface area contributed by atoms with Crippen molar-refractivity contribution in [3.05, 3.63) is 83.4 Å². The quantitative estimate of drug-likeness (QED) is 0.171. The SMILES string of the molecule is COc1c(OC)c(OC(C)=O)c2c([S+]([O-])c3cccc(Cl)c3)cccc2c1OC(=O)c1ccccc1. The molecule has 0 fully saturated rings. The molecule has 4 rings (SSSR count). The number of fused-ring (bicyclic) bond motifs is 1. The summed E-state index contributed by atoms with van der Waals surface area (Å²) in [5.41, 5.74) is 0.314. The molecule has 7 nitrogen and oxygen atoms in total. The van der Waals surface area contributed by atoms with Gasteiger partial charge in [0.1, 0.15) is 0 Å². The van der Waals surface area contributed by atoms with E-state index in [0.717, 1.165) is 0 Å². The van der Waals surface area contributed by atoms with Crippen molar-refractivity contribution in [2.75, 3.05) is 14.2 Å². The average molecular weight is 525 g/mol. The number of halogens is 1. The van der Waals surface area contributed by atoms with E-state index in [2.05, 4.69) is 0 Å². The summed E-state index contributed by atoms with van der Waals surface area (Å²) < 4.78 is 36.1. The van der Waals surface area contributed by atoms with Crippen molar-refractivity contribution in [2.45, 2.75) is 16.7 Å². The van der Waals surface area contributed by atoms with Crippen molar-refractivity contribution in [2.24, 2.45) is 0 Å². The Morgan fingerprint density at radius 1 is 0.806 bits per heavy atom. The number of rotatable bonds is 7. The molecule has 0 saturated heterocycles. The lowest BCUT2D eigenvalue weighted by Crippen LogP contribution is -2.12. The first kappa shape index (κ1) is 25.4. The van der Waals surface area contributed by atoms with Crippen LogP contribution in [0.25, 0.3) is 10.8 Å². The summed E-state index contributed by atoms with van der Waals surface area (Å²) in [6.07, 6.45) is 0. The van der Waals surface area contributed by atoms with Crippen LogP contribution in [0, 0.1) is 0 Å². The Kier molecular flexibility index (Phi) is 7.69. The highest BCUT2D eigenvalue weighted by molar-refractivity contribution is 7.91. The molecule has 0 aliphatic carbocycles. The van der Waals surface area contributed by atoms with Crippen LogP contribution in [0.4, 0.5) is 0 Å². The first-order valence-corrected chi connectivity index (χ1v) is 12.2. The van der Waals surface area contributed by atoms with E-state index in [0.29, 0.717) is 25.8 Å². The van der Waals surface area contributed by atoms with Crippen LogP contribution in [0.2, 0.25) is 5.02 Å². The van der Waals surface area contributed by atoms with Crippen molar-refractivity contribution in [1.82, 2.24) is 0 Å². The van der Waals surface area contributed by atoms with E-state index >= 15 is 0 Å². The van der Waals surface area contributed by atoms with Crippen LogP contribution in [0.1, 0.15) is 17.3 Å². The van der Waals surface area contributed by atoms with Crippen LogP contribution in [0.15, 0.2) is 82.6 Å². The number of hydrogen-bond acceptors (Lipinski definition) is 7. The van der Waals surface area contributed by atoms with Gasteiger partial charge in [-0.3, -0.25) is 4.79 Å². The Hall–Kier alpha value is -3.72. The van der Waals surface area contributed by atoms with Crippen molar-refractivity contribution in [3.63, 3.8) is 0 Å². The first-order chi connectivity index (χ1) is 17.3. The molecule has 0 saturated carbocycles. The van der Waals surface area contributed by atoms with Crippen LogP contribution < -0.4 is 18.9 Å². The largest absolute Gasteiger partial charge is 0.606 e. The molecular formula is C27H21ClO7S. The summed E-state index contributed by atoms with van der Waals surface area (Å²) in [5, 5.41) is 1.01. The van der Waals surface area contributed by atoms with Gasteiger partial charge in [-0.15, -0.1) is 0 Å². The molecule has 0 amide bonds. The fraction of sp³-hybridized carbons (Fsp3) is 0.111. The van der Waals surface area contributed by atoms with Gasteiger partial charge in [0.15, 0.2) is 21.3 Å². The van der Waals surface area contributed by atoms with E-state index in [4.69, 9.17) is 30.5 Å². The van der Waals surface area contributed by atoms with Crippen LogP contribution in [-0.4, -0.2) is 30.7 Å². The Morgan fingerprint density at radius 3 is 2.11 bits per heavy atom. The van der Waals surface area contributed by atoms with Crippen molar-refractivity contribution in [1.29, 1.82) is 0 Å². The van der Waals surface area contributed by atoms with Gasteiger partial charge < -0.3 is 23.5 Å². The van der Waals surface area contributed by atoms with E-state index in [1.165, 1.54) is 21.1 Å². The van der Waals surface area contributed by atoms with Gasteiger partial charge in [0.05, 0.1) is 25.2 Å². The van der Waals surface area contributed by atoms with Crippen molar-refractivity contribution < 1.29 is 33.1 Å². The highest BCUT2D eigenvalue weighted by Crippen LogP contribution is 2.53. The number of carbonyl (C=O) groups is 2. The molecular weight excluding hydrogens is 504 g/mol. The maximum atomic E-state index is 13.7. The maximum absolute atomic E-state index is 13.7. The van der Waals surface area contributed by atoms with E-state index in [9.17, 15) is 14.1 Å². The minimum Gasteiger partial charge on any atom is -0.606 e. The molecule has 4 aromatic carbocycles. The number of hydrogen-bond donors (Lipinski definition) is 0. The highest BCUT2D eigenvalue weighted by Gasteiger charge is 2.31. The summed E-state index contributed by atoms with van der Waals surface area (Å²) in [5.74, 6) is -1.21. The van der Waals surface area contributed by atoms with Gasteiger partial charge >= 0.3 is 11.9 Å². The van der Waals surface area contributed by atoms with Crippen molar-refractivity contribution in [3.8, 4) is 23.0 Å². The monoisotopic (exact) mass is 524 g/mol. The van der Waals surface area contributed by atoms with Crippen LogP contribution in [0.5, 0.6) is 23.0 Å². The Bertz CT molecular complexity index is 1440. The van der Waals surface area contributed by atoms with Crippen LogP contribution in [-0.2, 0) is 16.0 Å². The van der Waals surface area contributed by atoms with Crippen LogP contribution in [0.3, 0.4) is 0 Å². The third kappa shape index (κ3) is 4.97. The van der Waals surface area contributed by atoms with E-state index in [-0.39, 0.29) is 28.4 Å². The Labute approximate surface area is 215 Å². The standard InChI is InChI=1S/C27H21ClO7S/c1-16(29)34-24-22-20(13-8-14-21(22)36(31)19-12-7-11-18(28)15-19)23(25(32-2)26(24)33-3)35-27(30)17-9-5-4-6-10-17/h4-15H,1-3H3. The zero-order valence-electron chi connectivity index (χ0n) is 19.6. The van der Waals surface area contributed by atoms with Gasteiger partial charge in [0.2, 0.25) is 11.5 Å². The molecule has 0 bridgehead atoms. The lowest BCUT2D eigenvalue weighted by molar-refractivity contribution is -0.131. The Balaban J connectivity index is 2.02. The second kappa shape index (κ2) is 10.9. The second-order valence-electron chi connectivity index (χ2n) is 7.48. The molecule has 0 aliphatic rings. The third-order valence-electron chi connectivity index (χ3n) is 5.18. The zero-order valence-corrected chi connectivity index (χ0v) is 21.1. The van der Waals surface area contributed by atoms with E-state index < -0.39 is 23.1 Å². The molecule has 1 unspecified atom stereocenters. The summed E-state index contributed by atoms with van der Waals surface area (Å²) >= 11 is 4.38. The van der Waals surface area contributed by atoms with E-state index in [1.54, 1.807) is 72.8 Å². The normalized spacial score (nSPS) is 11.6. The predicted octanol–water partition coefficient (Wildman–Crippen LogP) is 5.82. The fourth-order valence-electron chi connectivity index (χ4n) is 3.70. The molecule has 0 aliphatic heterocycles. The smallest absolute Gasteiger partial charge is 0.343 e. The van der Waals surface area contributed by atoms with E-state index in [1.807, 2.05) is 0 Å². The van der Waals surface area contributed by atoms with Gasteiger partial charge in [-0.1, -0.05) is 41.9 Å². The number of ether oxygens (including phenoxy) is 4. The number of carbonyl (C=O) groups excluding carboxylic acids is 2. The highest BCUT2D eigenvalue weighted by atomic mass is 35.5. The topological polar surface area (TPSA) is 94.1 Å². The molecule has 0 N–H and O–H groups in total. The number of methoxy groups -OCH3 is 2. The first-order valence-electron chi connectivity index (χ1n) is 10.7. The zero-order chi connectivity index (χ0) is 25.8. The molecule has 36 heavy (non-hydrogen) atoms. The number of esters is 2. The lowest BCUT2D eigenvalue weighted by atomic mass is 10.1. The summed E-state index contributed by atoms with van der Waals surface area (Å²) in [6, 6.07) is 20.0. The molecule has 0 heterocycles. The minimum absolute atomic E-state index is 0.00612. The summed E-state index contributed by atoms with van der Waals surface area (Å²) in [6.45, 7) is 1.23. The molecule has 1 atom stereocenters. The van der Waals surface area contributed by atoms with Crippen molar-refractivity contribution >= 4 is 45.5 Å². The molecule has 0 aromatic heterocycles. The molecule has 0 radical (unpaired) electrons. The second-order valence-corrected chi connectivity index (χ2v) is 9.36. The fourth-order valence-corrected chi connectivity index (χ4v) is 5.23. The lowest BCUT2D eigenvalue weighted by Gasteiger charge is -2.21. The van der Waals surface area contributed by atoms with Gasteiger partial charge in [-0.05, 0) is 36.4 Å². The molecule has 9 heteroatoms. The summed E-state index contributed by atoms with van der Waals surface area (Å²) in [7, 11) is 2.73. The van der Waals surface area contributed by atoms with Gasteiger partial charge in [0, 0.05) is 34.6 Å². The van der Waals surface area contributed by atoms with Gasteiger partial charge in [-0.2, -0.15) is 0 Å². The summed E-state index contributed by atoms with van der Waals surface area (Å²) in [4.78, 5) is 25.8. The maximum Gasteiger partial charge on any atom is 0.343 e. The predicted molar refractivity (Wildman–Crippen MR) is 136 cm³/mol. The van der Waals surface area contributed by atoms with Gasteiger partial charge in [-0.25, -0.2) is 4.79 Å². The minimum atomic E-state index is -1.75. The molecule has 4 aromatic rings. The molecule has 0 spiro atoms. The molecule has 184 valence electrons.